The average molecular weight is 333 g/mol. The Bertz CT molecular complexity index is 1020. The molecule has 0 bridgehead atoms. The van der Waals surface area contributed by atoms with E-state index < -0.39 is 0 Å². The van der Waals surface area contributed by atoms with Crippen LogP contribution >= 0.6 is 0 Å². The van der Waals surface area contributed by atoms with E-state index in [2.05, 4.69) is 20.4 Å². The number of para-hydroxylation sites is 1. The lowest BCUT2D eigenvalue weighted by Crippen LogP contribution is -2.23. The molecule has 0 fully saturated rings. The Balaban J connectivity index is 1.54. The van der Waals surface area contributed by atoms with Gasteiger partial charge in [-0.25, -0.2) is 0 Å². The van der Waals surface area contributed by atoms with Crippen LogP contribution in [0.1, 0.15) is 16.2 Å². The van der Waals surface area contributed by atoms with E-state index in [1.54, 1.807) is 29.3 Å². The third-order valence-corrected chi connectivity index (χ3v) is 3.82. The quantitative estimate of drug-likeness (QED) is 0.620. The predicted molar refractivity (Wildman–Crippen MR) is 91.6 cm³/mol. The summed E-state index contributed by atoms with van der Waals surface area (Å²) in [6, 6.07) is 9.23. The molecule has 0 aliphatic carbocycles. The molecule has 124 valence electrons. The molecule has 0 atom stereocenters. The molecular formula is C18H15N5O2. The highest BCUT2D eigenvalue weighted by atomic mass is 16.3. The zero-order valence-electron chi connectivity index (χ0n) is 13.5. The number of benzene rings is 1. The number of nitrogens with one attached hydrogen (secondary N) is 1. The van der Waals surface area contributed by atoms with Crippen LogP contribution in [0.2, 0.25) is 0 Å². The lowest BCUT2D eigenvalue weighted by atomic mass is 10.2. The number of nitrogens with zero attached hydrogens (tertiary/aromatic N) is 4. The monoisotopic (exact) mass is 333 g/mol. The van der Waals surface area contributed by atoms with Crippen LogP contribution in [0, 0.1) is 0 Å². The summed E-state index contributed by atoms with van der Waals surface area (Å²) in [7, 11) is 1.84. The fourth-order valence-corrected chi connectivity index (χ4v) is 2.63. The van der Waals surface area contributed by atoms with Crippen molar-refractivity contribution in [2.75, 3.05) is 0 Å². The molecule has 4 aromatic rings. The second-order valence-electron chi connectivity index (χ2n) is 5.59. The van der Waals surface area contributed by atoms with Crippen molar-refractivity contribution in [1.29, 1.82) is 0 Å². The van der Waals surface area contributed by atoms with Crippen LogP contribution in [0.25, 0.3) is 22.2 Å². The fraction of sp³-hybridized carbons (Fsp3) is 0.111. The summed E-state index contributed by atoms with van der Waals surface area (Å²) < 4.78 is 7.27. The molecule has 7 nitrogen and oxygen atoms in total. The van der Waals surface area contributed by atoms with Gasteiger partial charge in [0.15, 0.2) is 5.76 Å². The Morgan fingerprint density at radius 1 is 1.24 bits per heavy atom. The number of aryl methyl sites for hydroxylation is 1. The lowest BCUT2D eigenvalue weighted by molar-refractivity contribution is 0.0925. The van der Waals surface area contributed by atoms with Crippen LogP contribution in [0.5, 0.6) is 0 Å². The Morgan fingerprint density at radius 3 is 2.88 bits per heavy atom. The Hall–Kier alpha value is -3.48. The van der Waals surface area contributed by atoms with Gasteiger partial charge in [0.1, 0.15) is 5.58 Å². The van der Waals surface area contributed by atoms with Crippen molar-refractivity contribution in [2.45, 2.75) is 6.54 Å². The first-order valence-corrected chi connectivity index (χ1v) is 7.76. The predicted octanol–water partition coefficient (Wildman–Crippen LogP) is 2.55. The maximum Gasteiger partial charge on any atom is 0.287 e. The van der Waals surface area contributed by atoms with Crippen LogP contribution < -0.4 is 5.32 Å². The molecule has 3 heterocycles. The standard InChI is InChI=1S/C18H15N5O2/c1-23-11-13(9-22-23)17-14(19-6-7-20-17)10-21-18(24)16-8-12-4-2-3-5-15(12)25-16/h2-9,11H,10H2,1H3,(H,21,24). The minimum atomic E-state index is -0.293. The highest BCUT2D eigenvalue weighted by Crippen LogP contribution is 2.20. The van der Waals surface area contributed by atoms with Crippen molar-refractivity contribution < 1.29 is 9.21 Å². The molecule has 1 amide bonds. The molecular weight excluding hydrogens is 318 g/mol. The molecule has 0 saturated carbocycles. The summed E-state index contributed by atoms with van der Waals surface area (Å²) >= 11 is 0. The third kappa shape index (κ3) is 2.99. The number of amides is 1. The highest BCUT2D eigenvalue weighted by molar-refractivity contribution is 5.96. The van der Waals surface area contributed by atoms with Gasteiger partial charge in [0.2, 0.25) is 0 Å². The molecule has 25 heavy (non-hydrogen) atoms. The Kier molecular flexibility index (Phi) is 3.74. The van der Waals surface area contributed by atoms with Crippen molar-refractivity contribution in [3.63, 3.8) is 0 Å². The zero-order chi connectivity index (χ0) is 17.2. The summed E-state index contributed by atoms with van der Waals surface area (Å²) in [5, 5.41) is 7.87. The van der Waals surface area contributed by atoms with Crippen LogP contribution in [0.3, 0.4) is 0 Å². The first-order chi connectivity index (χ1) is 12.2. The van der Waals surface area contributed by atoms with E-state index in [0.717, 1.165) is 10.9 Å². The molecule has 0 radical (unpaired) electrons. The minimum absolute atomic E-state index is 0.244. The van der Waals surface area contributed by atoms with Gasteiger partial charge >= 0.3 is 0 Å². The van der Waals surface area contributed by atoms with Gasteiger partial charge in [0.05, 0.1) is 24.1 Å². The molecule has 0 aliphatic heterocycles. The van der Waals surface area contributed by atoms with E-state index in [9.17, 15) is 4.79 Å². The largest absolute Gasteiger partial charge is 0.451 e. The summed E-state index contributed by atoms with van der Waals surface area (Å²) in [6.07, 6.45) is 6.79. The highest BCUT2D eigenvalue weighted by Gasteiger charge is 2.14. The first kappa shape index (κ1) is 15.1. The fourth-order valence-electron chi connectivity index (χ4n) is 2.63. The normalized spacial score (nSPS) is 10.9. The Labute approximate surface area is 143 Å². The van der Waals surface area contributed by atoms with Gasteiger partial charge in [-0.1, -0.05) is 18.2 Å². The number of rotatable bonds is 4. The first-order valence-electron chi connectivity index (χ1n) is 7.76. The molecule has 0 saturated heterocycles. The van der Waals surface area contributed by atoms with Crippen LogP contribution in [0.15, 0.2) is 59.5 Å². The van der Waals surface area contributed by atoms with Gasteiger partial charge in [-0.05, 0) is 12.1 Å². The maximum atomic E-state index is 12.4. The van der Waals surface area contributed by atoms with E-state index in [0.29, 0.717) is 17.0 Å². The summed E-state index contributed by atoms with van der Waals surface area (Å²) in [5.74, 6) is -0.0213. The van der Waals surface area contributed by atoms with Crippen molar-refractivity contribution in [3.8, 4) is 11.3 Å². The van der Waals surface area contributed by atoms with Crippen LogP contribution in [0.4, 0.5) is 0 Å². The number of aromatic nitrogens is 4. The number of carbonyl (C=O) groups is 1. The molecule has 1 N–H and O–H groups in total. The van der Waals surface area contributed by atoms with E-state index in [4.69, 9.17) is 4.42 Å². The van der Waals surface area contributed by atoms with E-state index >= 15 is 0 Å². The van der Waals surface area contributed by atoms with Crippen molar-refractivity contribution >= 4 is 16.9 Å². The van der Waals surface area contributed by atoms with Gasteiger partial charge in [-0.3, -0.25) is 19.4 Å². The molecule has 0 spiro atoms. The van der Waals surface area contributed by atoms with Crippen molar-refractivity contribution in [3.05, 3.63) is 66.6 Å². The third-order valence-electron chi connectivity index (χ3n) is 3.82. The smallest absolute Gasteiger partial charge is 0.287 e. The molecule has 0 unspecified atom stereocenters. The molecule has 4 rings (SSSR count). The van der Waals surface area contributed by atoms with Crippen LogP contribution in [-0.4, -0.2) is 25.7 Å². The lowest BCUT2D eigenvalue weighted by Gasteiger charge is -2.06. The summed E-state index contributed by atoms with van der Waals surface area (Å²) in [5.41, 5.74) is 2.90. The summed E-state index contributed by atoms with van der Waals surface area (Å²) in [6.45, 7) is 0.244. The molecule has 3 aromatic heterocycles. The average Bonchev–Trinajstić information content (AvgIpc) is 3.26. The van der Waals surface area contributed by atoms with Gasteiger partial charge in [0.25, 0.3) is 5.91 Å². The Morgan fingerprint density at radius 2 is 2.08 bits per heavy atom. The number of hydrogen-bond donors (Lipinski definition) is 1. The SMILES string of the molecule is Cn1cc(-c2nccnc2CNC(=O)c2cc3ccccc3o2)cn1. The van der Waals surface area contributed by atoms with Crippen LogP contribution in [-0.2, 0) is 13.6 Å². The topological polar surface area (TPSA) is 85.8 Å². The second kappa shape index (κ2) is 6.20. The molecule has 1 aromatic carbocycles. The van der Waals surface area contributed by atoms with Gasteiger partial charge < -0.3 is 9.73 Å². The number of carbonyl (C=O) groups excluding carboxylic acids is 1. The number of fused-ring (bicyclic) bond motifs is 1. The minimum Gasteiger partial charge on any atom is -0.451 e. The van der Waals surface area contributed by atoms with Gasteiger partial charge in [0, 0.05) is 36.6 Å². The van der Waals surface area contributed by atoms with E-state index in [-0.39, 0.29) is 18.2 Å². The summed E-state index contributed by atoms with van der Waals surface area (Å²) in [4.78, 5) is 21.1. The maximum absolute atomic E-state index is 12.4. The number of hydrogen-bond acceptors (Lipinski definition) is 5. The van der Waals surface area contributed by atoms with Crippen molar-refractivity contribution in [2.24, 2.45) is 7.05 Å². The van der Waals surface area contributed by atoms with E-state index in [1.807, 2.05) is 37.5 Å². The van der Waals surface area contributed by atoms with E-state index in [1.165, 1.54) is 0 Å². The van der Waals surface area contributed by atoms with Gasteiger partial charge in [-0.15, -0.1) is 0 Å². The molecule has 7 heteroatoms. The molecule has 0 aliphatic rings. The van der Waals surface area contributed by atoms with Gasteiger partial charge in [-0.2, -0.15) is 5.10 Å². The zero-order valence-corrected chi connectivity index (χ0v) is 13.5. The number of furan rings is 1. The second-order valence-corrected chi connectivity index (χ2v) is 5.59. The van der Waals surface area contributed by atoms with Crippen molar-refractivity contribution in [1.82, 2.24) is 25.1 Å².